The third-order valence-electron chi connectivity index (χ3n) is 4.68. The van der Waals surface area contributed by atoms with Crippen molar-refractivity contribution in [2.45, 2.75) is 12.3 Å². The van der Waals surface area contributed by atoms with Crippen molar-refractivity contribution in [1.82, 2.24) is 14.8 Å². The number of rotatable bonds is 6. The number of benzene rings is 1. The van der Waals surface area contributed by atoms with Crippen LogP contribution in [-0.4, -0.2) is 59.4 Å². The van der Waals surface area contributed by atoms with Crippen LogP contribution in [0.4, 0.5) is 13.2 Å². The van der Waals surface area contributed by atoms with Gasteiger partial charge in [0.05, 0.1) is 12.1 Å². The number of pyridine rings is 1. The summed E-state index contributed by atoms with van der Waals surface area (Å²) < 4.78 is 46.8. The number of ether oxygens (including phenoxy) is 1. The lowest BCUT2D eigenvalue weighted by molar-refractivity contribution is -0.137. The summed E-state index contributed by atoms with van der Waals surface area (Å²) in [6.07, 6.45) is -4.13. The molecule has 0 bridgehead atoms. The number of aryl methyl sites for hydroxylation is 1. The molecule has 1 atom stereocenters. The summed E-state index contributed by atoms with van der Waals surface area (Å²) in [6, 6.07) is 5.99. The second kappa shape index (κ2) is 8.88. The Bertz CT molecular complexity index is 974. The minimum absolute atomic E-state index is 0.0517. The van der Waals surface area contributed by atoms with E-state index < -0.39 is 17.8 Å². The van der Waals surface area contributed by atoms with Crippen LogP contribution in [-0.2, 0) is 18.0 Å². The minimum Gasteiger partial charge on any atom is -0.491 e. The molecule has 1 aromatic heterocycles. The fraction of sp³-hybridized carbons (Fsp3) is 0.400. The van der Waals surface area contributed by atoms with Crippen LogP contribution in [0.25, 0.3) is 11.1 Å². The average Bonchev–Trinajstić information content (AvgIpc) is 2.67. The van der Waals surface area contributed by atoms with Crippen molar-refractivity contribution in [3.63, 3.8) is 0 Å². The predicted octanol–water partition coefficient (Wildman–Crippen LogP) is 1.24. The Morgan fingerprint density at radius 1 is 1.20 bits per heavy atom. The van der Waals surface area contributed by atoms with Crippen molar-refractivity contribution < 1.29 is 27.8 Å². The molecule has 3 rings (SSSR count). The number of carbonyl (C=O) groups excluding carboxylic acids is 1. The van der Waals surface area contributed by atoms with Crippen molar-refractivity contribution in [2.24, 2.45) is 7.05 Å². The number of amides is 1. The second-order valence-corrected chi connectivity index (χ2v) is 7.16. The van der Waals surface area contributed by atoms with Crippen LogP contribution in [0.5, 0.6) is 5.75 Å². The van der Waals surface area contributed by atoms with Gasteiger partial charge >= 0.3 is 6.18 Å². The highest BCUT2D eigenvalue weighted by Crippen LogP contribution is 2.35. The number of aliphatic hydroxyl groups excluding tert-OH is 1. The molecule has 0 aliphatic carbocycles. The molecule has 2 N–H and O–H groups in total. The van der Waals surface area contributed by atoms with E-state index in [0.29, 0.717) is 18.7 Å². The molecule has 162 valence electrons. The third kappa shape index (κ3) is 5.61. The van der Waals surface area contributed by atoms with Crippen molar-refractivity contribution in [3.05, 3.63) is 52.4 Å². The van der Waals surface area contributed by atoms with E-state index in [4.69, 9.17) is 4.74 Å². The molecular weight excluding hydrogens is 403 g/mol. The molecule has 1 aliphatic heterocycles. The van der Waals surface area contributed by atoms with Crippen LogP contribution in [0, 0.1) is 0 Å². The lowest BCUT2D eigenvalue weighted by atomic mass is 10.0. The molecule has 30 heavy (non-hydrogen) atoms. The van der Waals surface area contributed by atoms with Crippen molar-refractivity contribution in [3.8, 4) is 16.9 Å². The fourth-order valence-corrected chi connectivity index (χ4v) is 3.17. The van der Waals surface area contributed by atoms with Crippen LogP contribution in [0.3, 0.4) is 0 Å². The zero-order valence-corrected chi connectivity index (χ0v) is 16.3. The van der Waals surface area contributed by atoms with Crippen molar-refractivity contribution in [2.75, 3.05) is 32.8 Å². The van der Waals surface area contributed by atoms with Crippen LogP contribution in [0.1, 0.15) is 5.56 Å². The lowest BCUT2D eigenvalue weighted by Gasteiger charge is -2.28. The first kappa shape index (κ1) is 21.8. The van der Waals surface area contributed by atoms with Crippen molar-refractivity contribution >= 4 is 5.91 Å². The van der Waals surface area contributed by atoms with E-state index in [0.717, 1.165) is 12.1 Å². The smallest absolute Gasteiger partial charge is 0.416 e. The maximum absolute atomic E-state index is 13.3. The number of aromatic nitrogens is 1. The molecule has 1 saturated heterocycles. The monoisotopic (exact) mass is 425 g/mol. The number of halogens is 3. The summed E-state index contributed by atoms with van der Waals surface area (Å²) in [4.78, 5) is 24.7. The minimum atomic E-state index is -4.59. The summed E-state index contributed by atoms with van der Waals surface area (Å²) in [6.45, 7) is 1.13. The Balaban J connectivity index is 1.77. The highest BCUT2D eigenvalue weighted by molar-refractivity contribution is 5.78. The van der Waals surface area contributed by atoms with Crippen LogP contribution in [0.15, 0.2) is 41.3 Å². The van der Waals surface area contributed by atoms with E-state index in [1.54, 1.807) is 4.90 Å². The Morgan fingerprint density at radius 3 is 2.63 bits per heavy atom. The predicted molar refractivity (Wildman–Crippen MR) is 103 cm³/mol. The van der Waals surface area contributed by atoms with Gasteiger partial charge in [0, 0.05) is 38.9 Å². The van der Waals surface area contributed by atoms with Crippen LogP contribution in [0.2, 0.25) is 0 Å². The highest BCUT2D eigenvalue weighted by atomic mass is 19.4. The van der Waals surface area contributed by atoms with Gasteiger partial charge in [0.2, 0.25) is 11.5 Å². The van der Waals surface area contributed by atoms with E-state index in [1.165, 1.54) is 36.0 Å². The zero-order chi connectivity index (χ0) is 21.9. The Labute approximate surface area is 170 Å². The third-order valence-corrected chi connectivity index (χ3v) is 4.68. The van der Waals surface area contributed by atoms with Gasteiger partial charge in [-0.3, -0.25) is 14.5 Å². The molecule has 1 aliphatic rings. The maximum Gasteiger partial charge on any atom is 0.416 e. The summed E-state index contributed by atoms with van der Waals surface area (Å²) in [5, 5.41) is 12.8. The van der Waals surface area contributed by atoms with E-state index in [1.807, 2.05) is 0 Å². The summed E-state index contributed by atoms with van der Waals surface area (Å²) >= 11 is 0. The molecule has 0 spiro atoms. The molecule has 2 aromatic rings. The molecule has 7 nitrogen and oxygen atoms in total. The van der Waals surface area contributed by atoms with Gasteiger partial charge < -0.3 is 19.7 Å². The molecule has 0 radical (unpaired) electrons. The van der Waals surface area contributed by atoms with E-state index in [-0.39, 0.29) is 42.5 Å². The topological polar surface area (TPSA) is 83.8 Å². The fourth-order valence-electron chi connectivity index (χ4n) is 3.17. The van der Waals surface area contributed by atoms with E-state index in [9.17, 15) is 27.9 Å². The van der Waals surface area contributed by atoms with Gasteiger partial charge in [-0.15, -0.1) is 0 Å². The molecule has 1 unspecified atom stereocenters. The molecular formula is C20H22F3N3O4. The van der Waals surface area contributed by atoms with Crippen LogP contribution >= 0.6 is 0 Å². The van der Waals surface area contributed by atoms with Gasteiger partial charge in [-0.25, -0.2) is 0 Å². The quantitative estimate of drug-likeness (QED) is 0.728. The number of β-amino-alcohol motifs (C(OH)–C–C–N with tert-alkyl or cyclic N) is 1. The molecule has 10 heteroatoms. The number of nitrogens with one attached hydrogen (secondary N) is 1. The number of hydrogen-bond donors (Lipinski definition) is 2. The number of hydrogen-bond acceptors (Lipinski definition) is 5. The molecule has 1 amide bonds. The molecule has 0 saturated carbocycles. The first-order chi connectivity index (χ1) is 14.1. The standard InChI is InChI=1S/C20H22F3N3O4/c1-25-9-13(2-3-19(25)29)14-6-15(20(21,22)23)8-17(7-14)30-12-16(27)10-26-5-4-24-18(28)11-26/h2-3,6-9,16,27H,4-5,10-12H2,1H3,(H,24,28). The van der Waals surface area contributed by atoms with E-state index >= 15 is 0 Å². The maximum atomic E-state index is 13.3. The SMILES string of the molecule is Cn1cc(-c2cc(OCC(O)CN3CCNC(=O)C3)cc(C(F)(F)F)c2)ccc1=O. The molecule has 2 heterocycles. The van der Waals surface area contributed by atoms with Gasteiger partial charge in [-0.1, -0.05) is 0 Å². The number of piperazine rings is 1. The second-order valence-electron chi connectivity index (χ2n) is 7.16. The first-order valence-corrected chi connectivity index (χ1v) is 9.31. The van der Waals surface area contributed by atoms with Crippen molar-refractivity contribution in [1.29, 1.82) is 0 Å². The summed E-state index contributed by atoms with van der Waals surface area (Å²) in [5.41, 5.74) is -0.520. The molecule has 1 aromatic carbocycles. The Hall–Kier alpha value is -2.85. The van der Waals surface area contributed by atoms with Gasteiger partial charge in [-0.2, -0.15) is 13.2 Å². The number of carbonyl (C=O) groups is 1. The van der Waals surface area contributed by atoms with Crippen LogP contribution < -0.4 is 15.6 Å². The summed E-state index contributed by atoms with van der Waals surface area (Å²) in [5.74, 6) is -0.196. The average molecular weight is 425 g/mol. The van der Waals surface area contributed by atoms with Gasteiger partial charge in [0.15, 0.2) is 0 Å². The van der Waals surface area contributed by atoms with Gasteiger partial charge in [0.1, 0.15) is 18.5 Å². The highest BCUT2D eigenvalue weighted by Gasteiger charge is 2.31. The lowest BCUT2D eigenvalue weighted by Crippen LogP contribution is -2.50. The Kier molecular flexibility index (Phi) is 6.47. The first-order valence-electron chi connectivity index (χ1n) is 9.31. The number of aliphatic hydroxyl groups is 1. The zero-order valence-electron chi connectivity index (χ0n) is 16.3. The van der Waals surface area contributed by atoms with Gasteiger partial charge in [0.25, 0.3) is 0 Å². The largest absolute Gasteiger partial charge is 0.491 e. The number of alkyl halides is 3. The molecule has 1 fully saturated rings. The Morgan fingerprint density at radius 2 is 1.97 bits per heavy atom. The van der Waals surface area contributed by atoms with Gasteiger partial charge in [-0.05, 0) is 35.4 Å². The normalized spacial score (nSPS) is 16.2. The number of nitrogens with zero attached hydrogens (tertiary/aromatic N) is 2. The summed E-state index contributed by atoms with van der Waals surface area (Å²) in [7, 11) is 1.51. The van der Waals surface area contributed by atoms with E-state index in [2.05, 4.69) is 5.32 Å².